The van der Waals surface area contributed by atoms with Gasteiger partial charge in [0.15, 0.2) is 6.29 Å². The zero-order valence-electron chi connectivity index (χ0n) is 11.5. The molecule has 2 aromatic carbocycles. The molecule has 0 amide bonds. The van der Waals surface area contributed by atoms with Crippen molar-refractivity contribution in [2.75, 3.05) is 18.9 Å². The number of benzene rings is 2. The lowest BCUT2D eigenvalue weighted by atomic mass is 10.0. The molecule has 0 unspecified atom stereocenters. The van der Waals surface area contributed by atoms with Crippen molar-refractivity contribution in [3.05, 3.63) is 69.9 Å². The van der Waals surface area contributed by atoms with Crippen molar-refractivity contribution in [3.63, 3.8) is 0 Å². The lowest BCUT2D eigenvalue weighted by Crippen LogP contribution is -2.21. The predicted octanol–water partition coefficient (Wildman–Crippen LogP) is 2.93. The Labute approximate surface area is 128 Å². The van der Waals surface area contributed by atoms with Crippen LogP contribution in [0.5, 0.6) is 0 Å². The summed E-state index contributed by atoms with van der Waals surface area (Å²) in [7, 11) is 1.77. The van der Waals surface area contributed by atoms with E-state index >= 15 is 0 Å². The maximum Gasteiger partial charge on any atom is 0.228 e. The quantitative estimate of drug-likeness (QED) is 0.304. The average Bonchev–Trinajstić information content (AvgIpc) is 2.49. The Hall–Kier alpha value is -2.33. The fourth-order valence-corrected chi connectivity index (χ4v) is 2.29. The molecule has 0 radical (unpaired) electrons. The van der Waals surface area contributed by atoms with E-state index in [9.17, 15) is 10.0 Å². The minimum absolute atomic E-state index is 0.236. The van der Waals surface area contributed by atoms with Gasteiger partial charge in [-0.25, -0.2) is 0 Å². The van der Waals surface area contributed by atoms with Gasteiger partial charge >= 0.3 is 0 Å². The van der Waals surface area contributed by atoms with Gasteiger partial charge in [0.25, 0.3) is 0 Å². The third kappa shape index (κ3) is 3.41. The fraction of sp³-hybridized carbons (Fsp3) is 0.125. The summed E-state index contributed by atoms with van der Waals surface area (Å²) in [6.07, 6.45) is 0.583. The number of carbonyl (C=O) groups excluding carboxylic acids is 1. The highest BCUT2D eigenvalue weighted by atomic mass is 35.5. The van der Waals surface area contributed by atoms with Gasteiger partial charge in [0, 0.05) is 23.3 Å². The minimum Gasteiger partial charge on any atom is -0.623 e. The highest BCUT2D eigenvalue weighted by Gasteiger charge is 2.19. The number of rotatable bonds is 5. The Bertz CT molecular complexity index is 669. The second-order valence-corrected chi connectivity index (χ2v) is 4.82. The summed E-state index contributed by atoms with van der Waals surface area (Å²) >= 11 is 6.06. The molecule has 2 rings (SSSR count). The molecule has 1 N–H and O–H groups in total. The summed E-state index contributed by atoms with van der Waals surface area (Å²) in [5.74, 6) is 0. The van der Waals surface area contributed by atoms with Gasteiger partial charge in [-0.1, -0.05) is 29.8 Å². The molecule has 0 fully saturated rings. The van der Waals surface area contributed by atoms with Crippen LogP contribution in [0, 0.1) is 5.21 Å². The zero-order valence-corrected chi connectivity index (χ0v) is 12.3. The molecule has 4 nitrogen and oxygen atoms in total. The van der Waals surface area contributed by atoms with Gasteiger partial charge in [0.05, 0.1) is 5.56 Å². The number of aldehydes is 1. The van der Waals surface area contributed by atoms with Crippen molar-refractivity contribution in [1.82, 2.24) is 0 Å². The summed E-state index contributed by atoms with van der Waals surface area (Å²) in [6, 6.07) is 14.5. The van der Waals surface area contributed by atoms with E-state index in [0.717, 1.165) is 11.3 Å². The molecular weight excluding hydrogens is 288 g/mol. The van der Waals surface area contributed by atoms with Gasteiger partial charge in [-0.05, 0) is 30.3 Å². The molecule has 0 heterocycles. The molecule has 0 aliphatic heterocycles. The number of halogens is 1. The van der Waals surface area contributed by atoms with Crippen LogP contribution in [0.15, 0.2) is 48.5 Å². The highest BCUT2D eigenvalue weighted by molar-refractivity contribution is 6.31. The molecule has 2 aromatic rings. The summed E-state index contributed by atoms with van der Waals surface area (Å²) < 4.78 is 0.675. The monoisotopic (exact) mass is 302 g/mol. The van der Waals surface area contributed by atoms with Gasteiger partial charge in [-0.15, -0.1) is 0 Å². The van der Waals surface area contributed by atoms with E-state index in [1.54, 1.807) is 25.2 Å². The summed E-state index contributed by atoms with van der Waals surface area (Å²) in [5, 5.41) is 15.9. The SMILES string of the molecule is CNc1ccc(Cl)cc1/C(c1ccccc1)=[N+](/[O-])CC=O. The number of anilines is 1. The smallest absolute Gasteiger partial charge is 0.228 e. The van der Waals surface area contributed by atoms with Crippen LogP contribution in [0.3, 0.4) is 0 Å². The second kappa shape index (κ2) is 6.90. The van der Waals surface area contributed by atoms with Crippen molar-refractivity contribution in [2.24, 2.45) is 0 Å². The molecular formula is C16H15ClN2O2. The van der Waals surface area contributed by atoms with E-state index in [2.05, 4.69) is 5.32 Å². The van der Waals surface area contributed by atoms with Gasteiger partial charge < -0.3 is 10.5 Å². The van der Waals surface area contributed by atoms with Crippen molar-refractivity contribution >= 4 is 29.3 Å². The molecule has 21 heavy (non-hydrogen) atoms. The maximum absolute atomic E-state index is 12.3. The molecule has 0 aliphatic rings. The largest absolute Gasteiger partial charge is 0.623 e. The first-order chi connectivity index (χ1) is 10.2. The van der Waals surface area contributed by atoms with E-state index < -0.39 is 0 Å². The molecule has 0 bridgehead atoms. The van der Waals surface area contributed by atoms with E-state index in [1.807, 2.05) is 30.3 Å². The second-order valence-electron chi connectivity index (χ2n) is 4.38. The van der Waals surface area contributed by atoms with E-state index in [-0.39, 0.29) is 6.54 Å². The molecule has 0 spiro atoms. The Morgan fingerprint density at radius 1 is 1.29 bits per heavy atom. The van der Waals surface area contributed by atoms with Gasteiger partial charge in [-0.2, -0.15) is 4.74 Å². The summed E-state index contributed by atoms with van der Waals surface area (Å²) in [4.78, 5) is 10.7. The normalized spacial score (nSPS) is 11.7. The number of hydrogen-bond acceptors (Lipinski definition) is 3. The topological polar surface area (TPSA) is 55.2 Å². The first-order valence-corrected chi connectivity index (χ1v) is 6.83. The molecule has 108 valence electrons. The third-order valence-electron chi connectivity index (χ3n) is 3.04. The number of hydrogen-bond donors (Lipinski definition) is 1. The number of carbonyl (C=O) groups is 1. The Kier molecular flexibility index (Phi) is 4.95. The lowest BCUT2D eigenvalue weighted by Gasteiger charge is -2.13. The average molecular weight is 303 g/mol. The summed E-state index contributed by atoms with van der Waals surface area (Å²) in [5.41, 5.74) is 2.57. The molecule has 0 atom stereocenters. The van der Waals surface area contributed by atoms with Crippen molar-refractivity contribution < 1.29 is 9.53 Å². The van der Waals surface area contributed by atoms with Crippen LogP contribution in [-0.4, -0.2) is 30.3 Å². The van der Waals surface area contributed by atoms with Crippen LogP contribution >= 0.6 is 11.6 Å². The Morgan fingerprint density at radius 3 is 2.62 bits per heavy atom. The van der Waals surface area contributed by atoms with Crippen molar-refractivity contribution in [1.29, 1.82) is 0 Å². The Balaban J connectivity index is 2.69. The Morgan fingerprint density at radius 2 is 2.00 bits per heavy atom. The number of nitrogens with zero attached hydrogens (tertiary/aromatic N) is 1. The maximum atomic E-state index is 12.3. The standard InChI is InChI=1S/C16H15ClN2O2/c1-18-15-8-7-13(17)11-14(15)16(19(21)9-10-20)12-5-3-2-4-6-12/h2-8,10-11,18H,9H2,1H3/b19-16+. The van der Waals surface area contributed by atoms with Crippen LogP contribution in [0.4, 0.5) is 5.69 Å². The molecule has 0 saturated carbocycles. The van der Waals surface area contributed by atoms with Crippen molar-refractivity contribution in [2.45, 2.75) is 0 Å². The van der Waals surface area contributed by atoms with Crippen LogP contribution in [0.25, 0.3) is 0 Å². The van der Waals surface area contributed by atoms with Crippen molar-refractivity contribution in [3.8, 4) is 0 Å². The van der Waals surface area contributed by atoms with Gasteiger partial charge in [0.2, 0.25) is 12.3 Å². The fourth-order valence-electron chi connectivity index (χ4n) is 2.12. The van der Waals surface area contributed by atoms with Gasteiger partial charge in [-0.3, -0.25) is 4.79 Å². The number of hydroxylamine groups is 1. The van der Waals surface area contributed by atoms with Crippen LogP contribution < -0.4 is 5.32 Å². The first kappa shape index (κ1) is 15.1. The lowest BCUT2D eigenvalue weighted by molar-refractivity contribution is -0.441. The predicted molar refractivity (Wildman–Crippen MR) is 85.2 cm³/mol. The van der Waals surface area contributed by atoms with Crippen LogP contribution in [-0.2, 0) is 4.79 Å². The molecule has 0 aliphatic carbocycles. The summed E-state index contributed by atoms with van der Waals surface area (Å²) in [6.45, 7) is -0.236. The van der Waals surface area contributed by atoms with E-state index in [0.29, 0.717) is 27.3 Å². The molecule has 5 heteroatoms. The number of nitrogens with one attached hydrogen (secondary N) is 1. The van der Waals surface area contributed by atoms with Gasteiger partial charge in [0.1, 0.15) is 0 Å². The molecule has 0 saturated heterocycles. The van der Waals surface area contributed by atoms with Crippen LogP contribution in [0.1, 0.15) is 11.1 Å². The zero-order chi connectivity index (χ0) is 15.2. The van der Waals surface area contributed by atoms with E-state index in [1.165, 1.54) is 0 Å². The third-order valence-corrected chi connectivity index (χ3v) is 3.28. The molecule has 0 aromatic heterocycles. The first-order valence-electron chi connectivity index (χ1n) is 6.45. The highest BCUT2D eigenvalue weighted by Crippen LogP contribution is 2.23. The van der Waals surface area contributed by atoms with Crippen LogP contribution in [0.2, 0.25) is 5.02 Å². The minimum atomic E-state index is -0.236. The van der Waals surface area contributed by atoms with E-state index in [4.69, 9.17) is 11.6 Å².